The summed E-state index contributed by atoms with van der Waals surface area (Å²) in [5, 5.41) is 0. The molecule has 0 amide bonds. The Balaban J connectivity index is 3.15. The fourth-order valence-corrected chi connectivity index (χ4v) is 1.96. The average Bonchev–Trinajstić information content (AvgIpc) is 2.44. The Morgan fingerprint density at radius 1 is 1.11 bits per heavy atom. The number of methoxy groups -OCH3 is 3. The first kappa shape index (κ1) is 15.4. The molecule has 0 radical (unpaired) electrons. The molecule has 1 atom stereocenters. The van der Waals surface area contributed by atoms with Crippen LogP contribution in [0.1, 0.15) is 13.3 Å². The molecule has 1 unspecified atom stereocenters. The second kappa shape index (κ2) is 7.09. The van der Waals surface area contributed by atoms with Crippen LogP contribution < -0.4 is 24.8 Å². The van der Waals surface area contributed by atoms with E-state index in [0.717, 1.165) is 12.1 Å². The van der Waals surface area contributed by atoms with Gasteiger partial charge in [0.25, 0.3) is 0 Å². The van der Waals surface area contributed by atoms with Crippen molar-refractivity contribution in [1.82, 2.24) is 0 Å². The van der Waals surface area contributed by atoms with Gasteiger partial charge in [-0.3, -0.25) is 0 Å². The number of hydrogen-bond donors (Lipinski definition) is 1. The summed E-state index contributed by atoms with van der Waals surface area (Å²) in [7, 11) is 6.86. The second-order valence-corrected chi connectivity index (χ2v) is 4.42. The van der Waals surface area contributed by atoms with Gasteiger partial charge in [0.05, 0.1) is 21.3 Å². The van der Waals surface area contributed by atoms with Crippen molar-refractivity contribution in [3.8, 4) is 17.2 Å². The average molecular weight is 268 g/mol. The van der Waals surface area contributed by atoms with Gasteiger partial charge in [0.15, 0.2) is 11.5 Å². The van der Waals surface area contributed by atoms with Crippen molar-refractivity contribution in [2.75, 3.05) is 39.8 Å². The molecule has 0 spiro atoms. The zero-order chi connectivity index (χ0) is 14.4. The Bertz CT molecular complexity index is 385. The van der Waals surface area contributed by atoms with Gasteiger partial charge >= 0.3 is 0 Å². The summed E-state index contributed by atoms with van der Waals surface area (Å²) in [5.74, 6) is 1.92. The minimum atomic E-state index is 0.341. The summed E-state index contributed by atoms with van der Waals surface area (Å²) in [6.45, 7) is 2.80. The molecule has 0 saturated carbocycles. The predicted octanol–water partition coefficient (Wildman–Crippen LogP) is 1.89. The van der Waals surface area contributed by atoms with Gasteiger partial charge in [0.1, 0.15) is 0 Å². The standard InChI is InChI=1S/C14H24N2O3/c1-10(6-7-15)16(2)11-8-12(17-3)14(19-5)13(9-11)18-4/h8-10H,6-7,15H2,1-5H3. The van der Waals surface area contributed by atoms with Gasteiger partial charge in [-0.05, 0) is 19.9 Å². The maximum Gasteiger partial charge on any atom is 0.203 e. The predicted molar refractivity (Wildman–Crippen MR) is 77.6 cm³/mol. The molecule has 0 aliphatic heterocycles. The number of benzene rings is 1. The number of anilines is 1. The van der Waals surface area contributed by atoms with E-state index in [1.54, 1.807) is 21.3 Å². The highest BCUT2D eigenvalue weighted by molar-refractivity contribution is 5.63. The highest BCUT2D eigenvalue weighted by Crippen LogP contribution is 2.41. The van der Waals surface area contributed by atoms with Crippen LogP contribution in [0.2, 0.25) is 0 Å². The Labute approximate surface area is 115 Å². The van der Waals surface area contributed by atoms with Crippen LogP contribution in [0.25, 0.3) is 0 Å². The fraction of sp³-hybridized carbons (Fsp3) is 0.571. The number of ether oxygens (including phenoxy) is 3. The molecule has 0 aromatic heterocycles. The maximum absolute atomic E-state index is 5.61. The van der Waals surface area contributed by atoms with E-state index in [0.29, 0.717) is 29.8 Å². The van der Waals surface area contributed by atoms with Crippen molar-refractivity contribution in [2.45, 2.75) is 19.4 Å². The molecule has 0 aliphatic rings. The summed E-state index contributed by atoms with van der Waals surface area (Å²) in [6, 6.07) is 4.22. The quantitative estimate of drug-likeness (QED) is 0.818. The molecule has 0 fully saturated rings. The molecule has 5 nitrogen and oxygen atoms in total. The number of hydrogen-bond acceptors (Lipinski definition) is 5. The summed E-state index contributed by atoms with van der Waals surface area (Å²) in [4.78, 5) is 2.15. The topological polar surface area (TPSA) is 57.0 Å². The largest absolute Gasteiger partial charge is 0.493 e. The third kappa shape index (κ3) is 3.44. The van der Waals surface area contributed by atoms with Gasteiger partial charge < -0.3 is 24.8 Å². The van der Waals surface area contributed by atoms with Gasteiger partial charge in [0.2, 0.25) is 5.75 Å². The van der Waals surface area contributed by atoms with Crippen molar-refractivity contribution in [3.05, 3.63) is 12.1 Å². The van der Waals surface area contributed by atoms with Crippen LogP contribution >= 0.6 is 0 Å². The lowest BCUT2D eigenvalue weighted by atomic mass is 10.1. The Morgan fingerprint density at radius 2 is 1.63 bits per heavy atom. The lowest BCUT2D eigenvalue weighted by molar-refractivity contribution is 0.324. The second-order valence-electron chi connectivity index (χ2n) is 4.42. The van der Waals surface area contributed by atoms with Crippen LogP contribution in [0.3, 0.4) is 0 Å². The van der Waals surface area contributed by atoms with E-state index in [-0.39, 0.29) is 0 Å². The van der Waals surface area contributed by atoms with Crippen LogP contribution in [0, 0.1) is 0 Å². The van der Waals surface area contributed by atoms with Crippen molar-refractivity contribution in [1.29, 1.82) is 0 Å². The molecular formula is C14H24N2O3. The first-order chi connectivity index (χ1) is 9.08. The van der Waals surface area contributed by atoms with E-state index in [2.05, 4.69) is 11.8 Å². The summed E-state index contributed by atoms with van der Waals surface area (Å²) in [5.41, 5.74) is 6.62. The minimum Gasteiger partial charge on any atom is -0.493 e. The summed E-state index contributed by atoms with van der Waals surface area (Å²) >= 11 is 0. The monoisotopic (exact) mass is 268 g/mol. The molecular weight excluding hydrogens is 244 g/mol. The molecule has 108 valence electrons. The molecule has 5 heteroatoms. The van der Waals surface area contributed by atoms with Crippen LogP contribution in [0.5, 0.6) is 17.2 Å². The molecule has 0 aliphatic carbocycles. The van der Waals surface area contributed by atoms with Gasteiger partial charge in [-0.1, -0.05) is 0 Å². The Morgan fingerprint density at radius 3 is 2.00 bits per heavy atom. The van der Waals surface area contributed by atoms with E-state index in [1.807, 2.05) is 19.2 Å². The van der Waals surface area contributed by atoms with Crippen LogP contribution in [0.15, 0.2) is 12.1 Å². The molecule has 1 rings (SSSR count). The lowest BCUT2D eigenvalue weighted by Crippen LogP contribution is -2.30. The number of nitrogens with zero attached hydrogens (tertiary/aromatic N) is 1. The van der Waals surface area contributed by atoms with E-state index < -0.39 is 0 Å². The number of rotatable bonds is 7. The van der Waals surface area contributed by atoms with Crippen molar-refractivity contribution < 1.29 is 14.2 Å². The van der Waals surface area contributed by atoms with Crippen LogP contribution in [-0.4, -0.2) is 41.0 Å². The molecule has 0 bridgehead atoms. The minimum absolute atomic E-state index is 0.341. The number of nitrogens with two attached hydrogens (primary N) is 1. The smallest absolute Gasteiger partial charge is 0.203 e. The zero-order valence-electron chi connectivity index (χ0n) is 12.4. The van der Waals surface area contributed by atoms with Gasteiger partial charge in [-0.15, -0.1) is 0 Å². The first-order valence-corrected chi connectivity index (χ1v) is 6.31. The van der Waals surface area contributed by atoms with Crippen LogP contribution in [-0.2, 0) is 0 Å². The fourth-order valence-electron chi connectivity index (χ4n) is 1.96. The Kier molecular flexibility index (Phi) is 5.76. The van der Waals surface area contributed by atoms with Crippen molar-refractivity contribution >= 4 is 5.69 Å². The van der Waals surface area contributed by atoms with Gasteiger partial charge in [-0.2, -0.15) is 0 Å². The highest BCUT2D eigenvalue weighted by atomic mass is 16.5. The molecule has 2 N–H and O–H groups in total. The van der Waals surface area contributed by atoms with Crippen LogP contribution in [0.4, 0.5) is 5.69 Å². The lowest BCUT2D eigenvalue weighted by Gasteiger charge is -2.28. The summed E-state index contributed by atoms with van der Waals surface area (Å²) in [6.07, 6.45) is 0.924. The maximum atomic E-state index is 5.61. The molecule has 0 saturated heterocycles. The normalized spacial score (nSPS) is 11.9. The van der Waals surface area contributed by atoms with Gasteiger partial charge in [0, 0.05) is 30.9 Å². The Hall–Kier alpha value is -1.62. The molecule has 1 aromatic rings. The molecule has 1 aromatic carbocycles. The third-order valence-corrected chi connectivity index (χ3v) is 3.30. The summed E-state index contributed by atoms with van der Waals surface area (Å²) < 4.78 is 16.0. The first-order valence-electron chi connectivity index (χ1n) is 6.31. The van der Waals surface area contributed by atoms with Gasteiger partial charge in [-0.25, -0.2) is 0 Å². The van der Waals surface area contributed by atoms with E-state index in [9.17, 15) is 0 Å². The van der Waals surface area contributed by atoms with E-state index in [4.69, 9.17) is 19.9 Å². The van der Waals surface area contributed by atoms with E-state index >= 15 is 0 Å². The van der Waals surface area contributed by atoms with Crippen molar-refractivity contribution in [3.63, 3.8) is 0 Å². The molecule has 0 heterocycles. The van der Waals surface area contributed by atoms with E-state index in [1.165, 1.54) is 0 Å². The van der Waals surface area contributed by atoms with Crippen molar-refractivity contribution in [2.24, 2.45) is 5.73 Å². The highest BCUT2D eigenvalue weighted by Gasteiger charge is 2.17. The zero-order valence-corrected chi connectivity index (χ0v) is 12.4. The third-order valence-electron chi connectivity index (χ3n) is 3.30. The SMILES string of the molecule is COc1cc(N(C)C(C)CCN)cc(OC)c1OC. The molecule has 19 heavy (non-hydrogen) atoms.